The van der Waals surface area contributed by atoms with Crippen molar-refractivity contribution in [3.8, 4) is 0 Å². The third-order valence-electron chi connectivity index (χ3n) is 4.35. The van der Waals surface area contributed by atoms with E-state index in [1.54, 1.807) is 10.9 Å². The van der Waals surface area contributed by atoms with Gasteiger partial charge in [-0.1, -0.05) is 51.8 Å². The normalized spacial score (nSPS) is 12.2. The van der Waals surface area contributed by atoms with Gasteiger partial charge >= 0.3 is 0 Å². The van der Waals surface area contributed by atoms with Gasteiger partial charge in [0.15, 0.2) is 5.65 Å². The van der Waals surface area contributed by atoms with E-state index in [1.807, 2.05) is 48.5 Å². The third-order valence-corrected chi connectivity index (χ3v) is 5.50. The second-order valence-corrected chi connectivity index (χ2v) is 8.17. The van der Waals surface area contributed by atoms with Crippen LogP contribution in [0.5, 0.6) is 0 Å². The summed E-state index contributed by atoms with van der Waals surface area (Å²) < 4.78 is 2.83. The van der Waals surface area contributed by atoms with Crippen LogP contribution in [0.25, 0.3) is 11.0 Å². The predicted octanol–water partition coefficient (Wildman–Crippen LogP) is 5.83. The molecule has 0 saturated heterocycles. The fourth-order valence-corrected chi connectivity index (χ4v) is 3.68. The molecule has 0 bridgehead atoms. The average Bonchev–Trinajstić information content (AvgIpc) is 3.10. The van der Waals surface area contributed by atoms with E-state index >= 15 is 0 Å². The molecule has 28 heavy (non-hydrogen) atoms. The number of nitrogens with one attached hydrogen (secondary N) is 1. The van der Waals surface area contributed by atoms with Crippen molar-refractivity contribution in [2.45, 2.75) is 18.5 Å². The Morgan fingerprint density at radius 2 is 1.93 bits per heavy atom. The molecule has 142 valence electrons. The van der Waals surface area contributed by atoms with Crippen molar-refractivity contribution < 1.29 is 0 Å². The Bertz CT molecular complexity index is 1100. The molecule has 8 heteroatoms. The van der Waals surface area contributed by atoms with Gasteiger partial charge in [0.05, 0.1) is 23.5 Å². The molecule has 2 aromatic carbocycles. The Morgan fingerprint density at radius 1 is 1.11 bits per heavy atom. The van der Waals surface area contributed by atoms with Gasteiger partial charge in [-0.05, 0) is 35.4 Å². The number of nitrogens with zero attached hydrogens (tertiary/aromatic N) is 4. The van der Waals surface area contributed by atoms with Crippen molar-refractivity contribution in [2.24, 2.45) is 0 Å². The lowest BCUT2D eigenvalue weighted by atomic mass is 10.1. The molecule has 0 saturated carbocycles. The zero-order valence-electron chi connectivity index (χ0n) is 14.7. The Hall–Kier alpha value is -2.15. The molecule has 1 atom stereocenters. The highest BCUT2D eigenvalue weighted by Gasteiger charge is 2.14. The van der Waals surface area contributed by atoms with Gasteiger partial charge in [0.1, 0.15) is 12.1 Å². The molecule has 2 aromatic heterocycles. The number of benzene rings is 2. The van der Waals surface area contributed by atoms with Crippen molar-refractivity contribution in [3.05, 3.63) is 81.7 Å². The van der Waals surface area contributed by atoms with Crippen molar-refractivity contribution in [2.75, 3.05) is 5.32 Å². The molecule has 0 radical (unpaired) electrons. The van der Waals surface area contributed by atoms with Crippen LogP contribution in [0, 0.1) is 0 Å². The van der Waals surface area contributed by atoms with Gasteiger partial charge in [0.2, 0.25) is 0 Å². The molecule has 2 heterocycles. The second-order valence-electron chi connectivity index (χ2n) is 6.29. The van der Waals surface area contributed by atoms with Crippen LogP contribution in [-0.2, 0) is 13.1 Å². The number of anilines is 1. The summed E-state index contributed by atoms with van der Waals surface area (Å²) in [6.45, 7) is 1.12. The zero-order valence-corrected chi connectivity index (χ0v) is 17.8. The maximum absolute atomic E-state index is 6.60. The summed E-state index contributed by atoms with van der Waals surface area (Å²) in [5.41, 5.74) is 2.84. The second kappa shape index (κ2) is 8.47. The number of hydrogen-bond donors (Lipinski definition) is 1. The molecule has 4 aromatic rings. The number of fused-ring (bicyclic) bond motifs is 1. The monoisotopic (exact) mass is 475 g/mol. The number of alkyl halides is 1. The smallest absolute Gasteiger partial charge is 0.163 e. The van der Waals surface area contributed by atoms with E-state index in [9.17, 15) is 0 Å². The molecular weight excluding hydrogens is 461 g/mol. The molecule has 0 spiro atoms. The molecular formula is C20H16BrCl2N5. The first-order chi connectivity index (χ1) is 13.6. The molecule has 4 rings (SSSR count). The highest BCUT2D eigenvalue weighted by Crippen LogP contribution is 2.26. The molecule has 5 nitrogen and oxygen atoms in total. The van der Waals surface area contributed by atoms with Crippen molar-refractivity contribution >= 4 is 56.0 Å². The standard InChI is InChI=1S/C20H16BrCl2N5/c21-15-6-4-14(5-7-15)18(23)11-28-20-17(10-27-28)19(25-12-26-20)24-9-13-2-1-3-16(22)8-13/h1-8,10,12,18H,9,11H2,(H,24,25,26). The quantitative estimate of drug-likeness (QED) is 0.355. The minimum Gasteiger partial charge on any atom is -0.365 e. The first-order valence-electron chi connectivity index (χ1n) is 8.64. The van der Waals surface area contributed by atoms with Crippen molar-refractivity contribution in [3.63, 3.8) is 0 Å². The van der Waals surface area contributed by atoms with Gasteiger partial charge in [0, 0.05) is 16.0 Å². The highest BCUT2D eigenvalue weighted by atomic mass is 79.9. The van der Waals surface area contributed by atoms with Crippen LogP contribution >= 0.6 is 39.1 Å². The van der Waals surface area contributed by atoms with Crippen LogP contribution in [0.15, 0.2) is 65.5 Å². The number of rotatable bonds is 6. The number of hydrogen-bond acceptors (Lipinski definition) is 4. The van der Waals surface area contributed by atoms with E-state index in [0.29, 0.717) is 18.1 Å². The minimum atomic E-state index is -0.214. The van der Waals surface area contributed by atoms with Crippen LogP contribution in [0.2, 0.25) is 5.02 Å². The average molecular weight is 477 g/mol. The summed E-state index contributed by atoms with van der Waals surface area (Å²) in [7, 11) is 0. The van der Waals surface area contributed by atoms with Crippen molar-refractivity contribution in [1.29, 1.82) is 0 Å². The molecule has 0 aliphatic rings. The van der Waals surface area contributed by atoms with E-state index in [1.165, 1.54) is 6.33 Å². The van der Waals surface area contributed by atoms with Gasteiger partial charge in [-0.3, -0.25) is 0 Å². The predicted molar refractivity (Wildman–Crippen MR) is 117 cm³/mol. The van der Waals surface area contributed by atoms with E-state index in [4.69, 9.17) is 23.2 Å². The fourth-order valence-electron chi connectivity index (χ4n) is 2.93. The van der Waals surface area contributed by atoms with Crippen LogP contribution in [0.3, 0.4) is 0 Å². The van der Waals surface area contributed by atoms with Crippen LogP contribution in [-0.4, -0.2) is 19.7 Å². The van der Waals surface area contributed by atoms with Crippen LogP contribution in [0.4, 0.5) is 5.82 Å². The lowest BCUT2D eigenvalue weighted by molar-refractivity contribution is 0.615. The van der Waals surface area contributed by atoms with Gasteiger partial charge in [-0.2, -0.15) is 5.10 Å². The summed E-state index contributed by atoms with van der Waals surface area (Å²) >= 11 is 16.1. The summed E-state index contributed by atoms with van der Waals surface area (Å²) in [6, 6.07) is 15.7. The Labute approximate surface area is 180 Å². The van der Waals surface area contributed by atoms with Crippen molar-refractivity contribution in [1.82, 2.24) is 19.7 Å². The Balaban J connectivity index is 1.53. The van der Waals surface area contributed by atoms with Gasteiger partial charge < -0.3 is 5.32 Å². The lowest BCUT2D eigenvalue weighted by Gasteiger charge is -2.11. The summed E-state index contributed by atoms with van der Waals surface area (Å²) in [5.74, 6) is 0.728. The Morgan fingerprint density at radius 3 is 2.71 bits per heavy atom. The molecule has 0 fully saturated rings. The number of aromatic nitrogens is 4. The maximum Gasteiger partial charge on any atom is 0.163 e. The molecule has 0 aliphatic heterocycles. The maximum atomic E-state index is 6.60. The third kappa shape index (κ3) is 4.29. The highest BCUT2D eigenvalue weighted by molar-refractivity contribution is 9.10. The van der Waals surface area contributed by atoms with Gasteiger partial charge in [0.25, 0.3) is 0 Å². The summed E-state index contributed by atoms with van der Waals surface area (Å²) in [4.78, 5) is 8.75. The lowest BCUT2D eigenvalue weighted by Crippen LogP contribution is -2.07. The SMILES string of the molecule is Clc1cccc(CNc2ncnc3c2cnn3CC(Cl)c2ccc(Br)cc2)c1. The Kier molecular flexibility index (Phi) is 5.80. The largest absolute Gasteiger partial charge is 0.365 e. The van der Waals surface area contributed by atoms with Gasteiger partial charge in [-0.25, -0.2) is 14.6 Å². The molecule has 1 N–H and O–H groups in total. The molecule has 1 unspecified atom stereocenters. The van der Waals surface area contributed by atoms with E-state index in [2.05, 4.69) is 36.3 Å². The topological polar surface area (TPSA) is 55.6 Å². The first kappa shape index (κ1) is 19.2. The van der Waals surface area contributed by atoms with Crippen LogP contribution < -0.4 is 5.32 Å². The summed E-state index contributed by atoms with van der Waals surface area (Å²) in [5, 5.41) is 9.15. The van der Waals surface area contributed by atoms with Crippen LogP contribution in [0.1, 0.15) is 16.5 Å². The van der Waals surface area contributed by atoms with E-state index in [-0.39, 0.29) is 5.38 Å². The zero-order chi connectivity index (χ0) is 19.5. The first-order valence-corrected chi connectivity index (χ1v) is 10.3. The summed E-state index contributed by atoms with van der Waals surface area (Å²) in [6.07, 6.45) is 3.30. The van der Waals surface area contributed by atoms with E-state index in [0.717, 1.165) is 32.5 Å². The number of halogens is 3. The minimum absolute atomic E-state index is 0.214. The fraction of sp³-hybridized carbons (Fsp3) is 0.150. The van der Waals surface area contributed by atoms with Gasteiger partial charge in [-0.15, -0.1) is 11.6 Å². The molecule has 0 aliphatic carbocycles. The molecule has 0 amide bonds. The van der Waals surface area contributed by atoms with E-state index < -0.39 is 0 Å².